The number of nitrogens with one attached hydrogen (secondary N) is 1. The third-order valence-electron chi connectivity index (χ3n) is 4.58. The summed E-state index contributed by atoms with van der Waals surface area (Å²) in [4.78, 5) is 0. The first-order chi connectivity index (χ1) is 7.31. The van der Waals surface area contributed by atoms with Crippen LogP contribution in [0, 0.1) is 17.8 Å². The number of hydrazine groups is 1. The highest BCUT2D eigenvalue weighted by Gasteiger charge is 2.32. The first kappa shape index (κ1) is 11.4. The average Bonchev–Trinajstić information content (AvgIpc) is 2.72. The summed E-state index contributed by atoms with van der Waals surface area (Å²) in [5.41, 5.74) is 3.13. The van der Waals surface area contributed by atoms with Gasteiger partial charge in [-0.15, -0.1) is 0 Å². The summed E-state index contributed by atoms with van der Waals surface area (Å²) in [6.45, 7) is 2.40. The highest BCUT2D eigenvalue weighted by molar-refractivity contribution is 4.87. The fraction of sp³-hybridized carbons (Fsp3) is 1.00. The maximum absolute atomic E-state index is 5.78. The zero-order chi connectivity index (χ0) is 10.7. The molecule has 88 valence electrons. The molecule has 0 aliphatic heterocycles. The van der Waals surface area contributed by atoms with Crippen LogP contribution in [-0.2, 0) is 0 Å². The first-order valence-electron chi connectivity index (χ1n) is 6.77. The van der Waals surface area contributed by atoms with Gasteiger partial charge < -0.3 is 0 Å². The molecular formula is C13H26N2. The van der Waals surface area contributed by atoms with Crippen LogP contribution >= 0.6 is 0 Å². The molecule has 2 saturated carbocycles. The van der Waals surface area contributed by atoms with E-state index in [1.54, 1.807) is 0 Å². The van der Waals surface area contributed by atoms with Crippen molar-refractivity contribution in [3.63, 3.8) is 0 Å². The van der Waals surface area contributed by atoms with E-state index in [0.717, 1.165) is 17.8 Å². The summed E-state index contributed by atoms with van der Waals surface area (Å²) in [5.74, 6) is 8.41. The molecule has 0 spiro atoms. The second-order valence-corrected chi connectivity index (χ2v) is 5.77. The lowest BCUT2D eigenvalue weighted by Crippen LogP contribution is -2.46. The summed E-state index contributed by atoms with van der Waals surface area (Å²) in [6, 6.07) is 0.607. The largest absolute Gasteiger partial charge is 0.271 e. The van der Waals surface area contributed by atoms with E-state index in [2.05, 4.69) is 12.3 Å². The zero-order valence-electron chi connectivity index (χ0n) is 10.0. The molecule has 2 fully saturated rings. The molecule has 3 N–H and O–H groups in total. The molecule has 0 heterocycles. The van der Waals surface area contributed by atoms with E-state index >= 15 is 0 Å². The lowest BCUT2D eigenvalue weighted by molar-refractivity contribution is 0.178. The minimum atomic E-state index is 0.607. The Bertz CT molecular complexity index is 187. The van der Waals surface area contributed by atoms with Gasteiger partial charge in [-0.05, 0) is 43.4 Å². The van der Waals surface area contributed by atoms with Gasteiger partial charge in [-0.25, -0.2) is 0 Å². The summed E-state index contributed by atoms with van der Waals surface area (Å²) in [6.07, 6.45) is 11.3. The topological polar surface area (TPSA) is 38.0 Å². The summed E-state index contributed by atoms with van der Waals surface area (Å²) < 4.78 is 0. The average molecular weight is 210 g/mol. The van der Waals surface area contributed by atoms with E-state index in [4.69, 9.17) is 5.84 Å². The van der Waals surface area contributed by atoms with Crippen molar-refractivity contribution in [1.82, 2.24) is 5.43 Å². The highest BCUT2D eigenvalue weighted by Crippen LogP contribution is 2.37. The van der Waals surface area contributed by atoms with Crippen LogP contribution in [0.25, 0.3) is 0 Å². The molecule has 2 heteroatoms. The van der Waals surface area contributed by atoms with E-state index in [-0.39, 0.29) is 0 Å². The second-order valence-electron chi connectivity index (χ2n) is 5.77. The van der Waals surface area contributed by atoms with Crippen molar-refractivity contribution in [3.05, 3.63) is 0 Å². The predicted octanol–water partition coefficient (Wildman–Crippen LogP) is 2.83. The van der Waals surface area contributed by atoms with Crippen molar-refractivity contribution in [2.45, 2.75) is 64.3 Å². The molecule has 0 aromatic carbocycles. The van der Waals surface area contributed by atoms with Gasteiger partial charge in [0.2, 0.25) is 0 Å². The predicted molar refractivity (Wildman–Crippen MR) is 64.2 cm³/mol. The lowest BCUT2D eigenvalue weighted by Gasteiger charge is -2.36. The van der Waals surface area contributed by atoms with E-state index in [9.17, 15) is 0 Å². The van der Waals surface area contributed by atoms with Crippen molar-refractivity contribution in [3.8, 4) is 0 Å². The molecule has 0 bridgehead atoms. The molecule has 15 heavy (non-hydrogen) atoms. The van der Waals surface area contributed by atoms with Crippen LogP contribution in [0.5, 0.6) is 0 Å². The highest BCUT2D eigenvalue weighted by atomic mass is 15.2. The van der Waals surface area contributed by atoms with Crippen molar-refractivity contribution >= 4 is 0 Å². The van der Waals surface area contributed by atoms with Crippen molar-refractivity contribution in [2.75, 3.05) is 0 Å². The Hall–Kier alpha value is -0.0800. The Kier molecular flexibility index (Phi) is 4.04. The van der Waals surface area contributed by atoms with Crippen LogP contribution in [0.15, 0.2) is 0 Å². The Morgan fingerprint density at radius 1 is 1.00 bits per heavy atom. The fourth-order valence-electron chi connectivity index (χ4n) is 3.78. The van der Waals surface area contributed by atoms with E-state index < -0.39 is 0 Å². The standard InChI is InChI=1S/C13H26N2/c1-10-5-4-8-12(9-10)13(15-14)11-6-2-3-7-11/h10-13,15H,2-9,14H2,1H3. The molecule has 2 aliphatic carbocycles. The monoisotopic (exact) mass is 210 g/mol. The van der Waals surface area contributed by atoms with Gasteiger partial charge in [0, 0.05) is 6.04 Å². The minimum absolute atomic E-state index is 0.607. The second kappa shape index (κ2) is 5.31. The van der Waals surface area contributed by atoms with Gasteiger partial charge in [-0.3, -0.25) is 11.3 Å². The van der Waals surface area contributed by atoms with Crippen LogP contribution in [0.4, 0.5) is 0 Å². The van der Waals surface area contributed by atoms with Crippen molar-refractivity contribution < 1.29 is 0 Å². The van der Waals surface area contributed by atoms with Gasteiger partial charge in [-0.2, -0.15) is 0 Å². The summed E-state index contributed by atoms with van der Waals surface area (Å²) >= 11 is 0. The molecule has 2 rings (SSSR count). The van der Waals surface area contributed by atoms with Gasteiger partial charge >= 0.3 is 0 Å². The third kappa shape index (κ3) is 2.73. The molecular weight excluding hydrogens is 184 g/mol. The van der Waals surface area contributed by atoms with E-state index in [1.807, 2.05) is 0 Å². The molecule has 0 saturated heterocycles. The molecule has 3 atom stereocenters. The van der Waals surface area contributed by atoms with Gasteiger partial charge in [0.05, 0.1) is 0 Å². The molecule has 0 aromatic heterocycles. The molecule has 3 unspecified atom stereocenters. The van der Waals surface area contributed by atoms with E-state index in [1.165, 1.54) is 51.4 Å². The van der Waals surface area contributed by atoms with Gasteiger partial charge in [-0.1, -0.05) is 32.6 Å². The van der Waals surface area contributed by atoms with E-state index in [0.29, 0.717) is 6.04 Å². The maximum Gasteiger partial charge on any atom is 0.0267 e. The van der Waals surface area contributed by atoms with Crippen molar-refractivity contribution in [2.24, 2.45) is 23.6 Å². The van der Waals surface area contributed by atoms with Crippen LogP contribution in [0.2, 0.25) is 0 Å². The van der Waals surface area contributed by atoms with Crippen LogP contribution in [-0.4, -0.2) is 6.04 Å². The quantitative estimate of drug-likeness (QED) is 0.555. The summed E-state index contributed by atoms with van der Waals surface area (Å²) in [5, 5.41) is 0. The zero-order valence-corrected chi connectivity index (χ0v) is 10.0. The number of hydrogen-bond donors (Lipinski definition) is 2. The maximum atomic E-state index is 5.78. The SMILES string of the molecule is CC1CCCC(C(NN)C2CCCC2)C1. The van der Waals surface area contributed by atoms with Crippen LogP contribution in [0.3, 0.4) is 0 Å². The van der Waals surface area contributed by atoms with Crippen LogP contribution in [0.1, 0.15) is 58.3 Å². The Labute approximate surface area is 94.0 Å². The molecule has 2 aliphatic rings. The lowest BCUT2D eigenvalue weighted by atomic mass is 9.75. The molecule has 2 nitrogen and oxygen atoms in total. The van der Waals surface area contributed by atoms with Gasteiger partial charge in [0.25, 0.3) is 0 Å². The van der Waals surface area contributed by atoms with Crippen LogP contribution < -0.4 is 11.3 Å². The molecule has 0 amide bonds. The third-order valence-corrected chi connectivity index (χ3v) is 4.58. The van der Waals surface area contributed by atoms with Gasteiger partial charge in [0.1, 0.15) is 0 Å². The van der Waals surface area contributed by atoms with Crippen molar-refractivity contribution in [1.29, 1.82) is 0 Å². The minimum Gasteiger partial charge on any atom is -0.271 e. The Morgan fingerprint density at radius 3 is 2.27 bits per heavy atom. The Balaban J connectivity index is 1.92. The Morgan fingerprint density at radius 2 is 1.67 bits per heavy atom. The molecule has 0 aromatic rings. The summed E-state index contributed by atoms with van der Waals surface area (Å²) in [7, 11) is 0. The number of hydrogen-bond acceptors (Lipinski definition) is 2. The molecule has 0 radical (unpaired) electrons. The number of rotatable bonds is 3. The first-order valence-corrected chi connectivity index (χ1v) is 6.77. The smallest absolute Gasteiger partial charge is 0.0267 e. The fourth-order valence-corrected chi connectivity index (χ4v) is 3.78. The number of nitrogens with two attached hydrogens (primary N) is 1. The van der Waals surface area contributed by atoms with Gasteiger partial charge in [0.15, 0.2) is 0 Å². The normalized spacial score (nSPS) is 35.6.